The van der Waals surface area contributed by atoms with Crippen LogP contribution in [-0.2, 0) is 19.5 Å². The molecule has 0 unspecified atom stereocenters. The summed E-state index contributed by atoms with van der Waals surface area (Å²) in [5, 5.41) is 20.9. The maximum atomic E-state index is 3.54. The fourth-order valence-corrected chi connectivity index (χ4v) is 12.9. The summed E-state index contributed by atoms with van der Waals surface area (Å²) in [5.74, 6) is 0. The molecule has 0 radical (unpaired) electrons. The van der Waals surface area contributed by atoms with Crippen LogP contribution < -0.4 is 31.9 Å². The van der Waals surface area contributed by atoms with E-state index in [-0.39, 0.29) is 0 Å². The molecule has 0 saturated heterocycles. The molecule has 0 fully saturated rings. The molecule has 0 aromatic carbocycles. The molecular formula is C68H78N8. The Balaban J connectivity index is 0.0000000922. The molecule has 0 saturated carbocycles. The van der Waals surface area contributed by atoms with Crippen LogP contribution in [0.1, 0.15) is 114 Å². The number of nitrogens with one attached hydrogen (secondary N) is 6. The van der Waals surface area contributed by atoms with E-state index in [0.29, 0.717) is 0 Å². The van der Waals surface area contributed by atoms with E-state index >= 15 is 0 Å². The molecule has 17 rings (SSSR count). The van der Waals surface area contributed by atoms with Gasteiger partial charge < -0.3 is 41.0 Å². The average Bonchev–Trinajstić information content (AvgIpc) is 4.31. The minimum atomic E-state index is 0.955. The fourth-order valence-electron chi connectivity index (χ4n) is 12.9. The molecule has 0 amide bonds. The first-order valence-corrected chi connectivity index (χ1v) is 28.8. The van der Waals surface area contributed by atoms with Gasteiger partial charge in [0.2, 0.25) is 0 Å². The Morgan fingerprint density at radius 1 is 0.368 bits per heavy atom. The van der Waals surface area contributed by atoms with Gasteiger partial charge in [0.25, 0.3) is 0 Å². The highest BCUT2D eigenvalue weighted by Gasteiger charge is 2.23. The molecule has 2 aromatic heterocycles. The second kappa shape index (κ2) is 23.7. The summed E-state index contributed by atoms with van der Waals surface area (Å²) in [5.41, 5.74) is 29.7. The van der Waals surface area contributed by atoms with Gasteiger partial charge in [-0.3, -0.25) is 0 Å². The number of hydrogen-bond donors (Lipinski definition) is 6. The Labute approximate surface area is 452 Å². The highest BCUT2D eigenvalue weighted by molar-refractivity contribution is 5.62. The van der Waals surface area contributed by atoms with Crippen LogP contribution in [0.15, 0.2) is 242 Å². The number of hydrogen-bond acceptors (Lipinski definition) is 6. The normalized spacial score (nSPS) is 22.7. The van der Waals surface area contributed by atoms with E-state index in [1.54, 1.807) is 44.6 Å². The Bertz CT molecular complexity index is 3150. The van der Waals surface area contributed by atoms with Crippen molar-refractivity contribution in [3.8, 4) is 0 Å². The van der Waals surface area contributed by atoms with Crippen LogP contribution >= 0.6 is 0 Å². The zero-order chi connectivity index (χ0) is 50.9. The van der Waals surface area contributed by atoms with E-state index in [1.165, 1.54) is 132 Å². The van der Waals surface area contributed by atoms with E-state index in [4.69, 9.17) is 0 Å². The molecule has 0 spiro atoms. The standard InChI is InChI=1S/C13H15N.2C12H13N.2C11H12N2.C9H13N/c1-2-5-12-9-14-13-7-3-6-11(13)8-10(12)4-1;2*1-3-9-7-10-4-2-6-12(10)13-8-11(9)5-1;1-4-10-11(5-1)13-8-2-3-9(13)6-7-12-10;1-3-9-8-13-6-2-4-10(13)7-12-11(9)5-1;1-2-7-10-9-6-3-5-8(9)4-1/h1-3,7,14H,4-6,8-9H2;2-3,5-6,13H,1,4,7-8H2;1-2,5-6,13H,3-4,7-8H2;1-4,8,12H,5-7H2;1-2,4-6,12H,3,7-8H2;3,6,10H,1-2,4-5,7H2. The lowest BCUT2D eigenvalue weighted by Crippen LogP contribution is -2.15. The first kappa shape index (κ1) is 49.6. The molecule has 6 aliphatic heterocycles. The topological polar surface area (TPSA) is 82.0 Å². The number of aromatic nitrogens is 2. The number of rotatable bonds is 0. The van der Waals surface area contributed by atoms with Crippen molar-refractivity contribution in [2.45, 2.75) is 122 Å². The van der Waals surface area contributed by atoms with Crippen molar-refractivity contribution in [1.29, 1.82) is 0 Å². The van der Waals surface area contributed by atoms with E-state index in [9.17, 15) is 0 Å². The van der Waals surface area contributed by atoms with Crippen LogP contribution in [0.2, 0.25) is 0 Å². The highest BCUT2D eigenvalue weighted by Crippen LogP contribution is 2.36. The van der Waals surface area contributed by atoms with Gasteiger partial charge in [-0.2, -0.15) is 0 Å². The van der Waals surface area contributed by atoms with Gasteiger partial charge in [-0.05, 0) is 207 Å². The van der Waals surface area contributed by atoms with E-state index in [2.05, 4.69) is 187 Å². The van der Waals surface area contributed by atoms with Crippen LogP contribution in [0, 0.1) is 0 Å². The van der Waals surface area contributed by atoms with Crippen LogP contribution in [0.4, 0.5) is 0 Å². The van der Waals surface area contributed by atoms with Crippen molar-refractivity contribution >= 4 is 5.70 Å². The van der Waals surface area contributed by atoms with Crippen LogP contribution in [0.3, 0.4) is 0 Å². The first-order chi connectivity index (χ1) is 37.6. The molecule has 8 heterocycles. The van der Waals surface area contributed by atoms with Crippen molar-refractivity contribution in [2.24, 2.45) is 0 Å². The molecule has 6 N–H and O–H groups in total. The summed E-state index contributed by atoms with van der Waals surface area (Å²) in [6.07, 6.45) is 65.1. The fraction of sp³-hybridized carbons (Fsp3) is 0.353. The highest BCUT2D eigenvalue weighted by atomic mass is 15.1. The van der Waals surface area contributed by atoms with Gasteiger partial charge in [-0.25, -0.2) is 0 Å². The predicted octanol–water partition coefficient (Wildman–Crippen LogP) is 13.3. The summed E-state index contributed by atoms with van der Waals surface area (Å²) in [6, 6.07) is 8.63. The Morgan fingerprint density at radius 3 is 1.75 bits per heavy atom. The summed E-state index contributed by atoms with van der Waals surface area (Å²) in [4.78, 5) is 0. The minimum absolute atomic E-state index is 0.955. The Morgan fingerprint density at radius 2 is 0.934 bits per heavy atom. The summed E-state index contributed by atoms with van der Waals surface area (Å²) in [6.45, 7) is 7.33. The molecule has 8 heteroatoms. The summed E-state index contributed by atoms with van der Waals surface area (Å²) < 4.78 is 4.64. The first-order valence-electron chi connectivity index (χ1n) is 28.8. The Kier molecular flexibility index (Phi) is 15.5. The van der Waals surface area contributed by atoms with E-state index in [1.807, 2.05) is 0 Å². The lowest BCUT2D eigenvalue weighted by Gasteiger charge is -2.14. The van der Waals surface area contributed by atoms with Gasteiger partial charge in [-0.1, -0.05) is 84.1 Å². The summed E-state index contributed by atoms with van der Waals surface area (Å²) in [7, 11) is 0. The van der Waals surface area contributed by atoms with Crippen molar-refractivity contribution in [3.63, 3.8) is 0 Å². The second-order valence-corrected chi connectivity index (χ2v) is 22.1. The van der Waals surface area contributed by atoms with Crippen molar-refractivity contribution in [2.75, 3.05) is 32.7 Å². The molecule has 0 bridgehead atoms. The zero-order valence-electron chi connectivity index (χ0n) is 44.7. The van der Waals surface area contributed by atoms with Gasteiger partial charge in [-0.15, -0.1) is 0 Å². The van der Waals surface area contributed by atoms with Gasteiger partial charge in [0.15, 0.2) is 0 Å². The quantitative estimate of drug-likeness (QED) is 0.148. The third kappa shape index (κ3) is 11.6. The monoisotopic (exact) mass is 1010 g/mol. The average molecular weight is 1010 g/mol. The van der Waals surface area contributed by atoms with Crippen molar-refractivity contribution in [1.82, 2.24) is 41.0 Å². The third-order valence-electron chi connectivity index (χ3n) is 17.2. The minimum Gasteiger partial charge on any atom is -0.385 e. The maximum Gasteiger partial charge on any atom is 0.0553 e. The molecule has 15 aliphatic rings. The number of allylic oxidation sites excluding steroid dienone is 25. The van der Waals surface area contributed by atoms with Gasteiger partial charge in [0, 0.05) is 110 Å². The van der Waals surface area contributed by atoms with E-state index < -0.39 is 0 Å². The molecule has 9 aliphatic carbocycles. The zero-order valence-corrected chi connectivity index (χ0v) is 44.7. The lowest BCUT2D eigenvalue weighted by atomic mass is 9.92. The number of fused-ring (bicyclic) bond motifs is 4. The molecule has 8 nitrogen and oxygen atoms in total. The van der Waals surface area contributed by atoms with Gasteiger partial charge >= 0.3 is 0 Å². The third-order valence-corrected chi connectivity index (χ3v) is 17.2. The SMILES string of the molecule is C1=CC2=C(C1)CC1=C(C=CC1)NC2.C1=CC2=C(C1)CC1=CCC=C1CN2.C1=CC2=C(C1)CCCCN2.C1=CC2=C(C1)Cn1cccc1CN2.C1=CC2=C(C1)n1cccc1CCN2.C1=CCC2=C(C1)CNC1=C(CC=C1)C2. The van der Waals surface area contributed by atoms with Crippen molar-refractivity contribution < 1.29 is 0 Å². The predicted molar refractivity (Wildman–Crippen MR) is 315 cm³/mol. The second-order valence-electron chi connectivity index (χ2n) is 22.1. The van der Waals surface area contributed by atoms with E-state index in [0.717, 1.165) is 90.6 Å². The van der Waals surface area contributed by atoms with Crippen LogP contribution in [0.25, 0.3) is 5.70 Å². The molecule has 0 atom stereocenters. The van der Waals surface area contributed by atoms with Gasteiger partial charge in [0.1, 0.15) is 0 Å². The molecule has 390 valence electrons. The Hall–Kier alpha value is -7.32. The largest absolute Gasteiger partial charge is 0.385 e. The van der Waals surface area contributed by atoms with Gasteiger partial charge in [0.05, 0.1) is 12.2 Å². The molecule has 76 heavy (non-hydrogen) atoms. The smallest absolute Gasteiger partial charge is 0.0553 e. The molecular weight excluding hydrogens is 929 g/mol. The van der Waals surface area contributed by atoms with Crippen LogP contribution in [-0.4, -0.2) is 41.9 Å². The lowest BCUT2D eigenvalue weighted by molar-refractivity contribution is 0.715. The summed E-state index contributed by atoms with van der Waals surface area (Å²) >= 11 is 0. The van der Waals surface area contributed by atoms with Crippen LogP contribution in [0.5, 0.6) is 0 Å². The van der Waals surface area contributed by atoms with Crippen molar-refractivity contribution in [3.05, 3.63) is 253 Å². The maximum absolute atomic E-state index is 3.54. The molecule has 2 aromatic rings. The number of nitrogens with zero attached hydrogens (tertiary/aromatic N) is 2.